The first kappa shape index (κ1) is 18.5. The number of furan rings is 1. The fraction of sp³-hybridized carbons (Fsp3) is 0.316. The van der Waals surface area contributed by atoms with Crippen molar-refractivity contribution in [1.29, 1.82) is 0 Å². The van der Waals surface area contributed by atoms with Crippen LogP contribution in [-0.2, 0) is 9.57 Å². The number of pyridine rings is 1. The number of nitrogens with zero attached hydrogens (tertiary/aromatic N) is 2. The van der Waals surface area contributed by atoms with Crippen molar-refractivity contribution in [3.63, 3.8) is 0 Å². The molecule has 0 aliphatic heterocycles. The van der Waals surface area contributed by atoms with Crippen LogP contribution in [0.25, 0.3) is 10.9 Å². The summed E-state index contributed by atoms with van der Waals surface area (Å²) < 4.78 is 10.3. The number of amides is 1. The first-order chi connectivity index (χ1) is 12.9. The van der Waals surface area contributed by atoms with Gasteiger partial charge in [-0.1, -0.05) is 5.16 Å². The van der Waals surface area contributed by atoms with E-state index in [4.69, 9.17) is 14.0 Å². The number of oxime groups is 1. The van der Waals surface area contributed by atoms with E-state index in [-0.39, 0.29) is 13.2 Å². The van der Waals surface area contributed by atoms with Crippen LogP contribution in [0.15, 0.2) is 52.7 Å². The molecular formula is C19H22N4O4. The molecule has 0 bridgehead atoms. The van der Waals surface area contributed by atoms with Crippen molar-refractivity contribution in [3.8, 4) is 0 Å². The highest BCUT2D eigenvalue weighted by Gasteiger charge is 2.16. The molecule has 0 saturated heterocycles. The molecule has 0 atom stereocenters. The van der Waals surface area contributed by atoms with Crippen molar-refractivity contribution >= 4 is 22.7 Å². The molecule has 3 rings (SSSR count). The van der Waals surface area contributed by atoms with Crippen LogP contribution in [0.4, 0.5) is 4.79 Å². The van der Waals surface area contributed by atoms with Crippen molar-refractivity contribution in [2.75, 3.05) is 13.2 Å². The Labute approximate surface area is 156 Å². The van der Waals surface area contributed by atoms with Gasteiger partial charge in [-0.2, -0.15) is 0 Å². The lowest BCUT2D eigenvalue weighted by Crippen LogP contribution is -2.34. The second-order valence-corrected chi connectivity index (χ2v) is 6.86. The number of carbonyl (C=O) groups excluding carboxylic acids is 1. The minimum Gasteiger partial charge on any atom is -0.472 e. The fourth-order valence-electron chi connectivity index (χ4n) is 2.38. The summed E-state index contributed by atoms with van der Waals surface area (Å²) in [7, 11) is 0. The average molecular weight is 370 g/mol. The molecule has 8 nitrogen and oxygen atoms in total. The monoisotopic (exact) mass is 370 g/mol. The highest BCUT2D eigenvalue weighted by atomic mass is 16.6. The largest absolute Gasteiger partial charge is 0.472 e. The van der Waals surface area contributed by atoms with Crippen LogP contribution in [0, 0.1) is 0 Å². The predicted molar refractivity (Wildman–Crippen MR) is 101 cm³/mol. The zero-order valence-corrected chi connectivity index (χ0v) is 15.5. The molecule has 0 aromatic carbocycles. The Morgan fingerprint density at radius 1 is 1.37 bits per heavy atom. The summed E-state index contributed by atoms with van der Waals surface area (Å²) in [5.41, 5.74) is 2.50. The smallest absolute Gasteiger partial charge is 0.407 e. The number of ether oxygens (including phenoxy) is 1. The number of hydrogen-bond acceptors (Lipinski definition) is 6. The normalized spacial score (nSPS) is 12.2. The maximum Gasteiger partial charge on any atom is 0.407 e. The third kappa shape index (κ3) is 5.10. The van der Waals surface area contributed by atoms with Crippen LogP contribution >= 0.6 is 0 Å². The van der Waals surface area contributed by atoms with Crippen LogP contribution in [0.5, 0.6) is 0 Å². The molecule has 3 aromatic rings. The van der Waals surface area contributed by atoms with Gasteiger partial charge in [-0.25, -0.2) is 4.79 Å². The summed E-state index contributed by atoms with van der Waals surface area (Å²) >= 11 is 0. The van der Waals surface area contributed by atoms with Crippen LogP contribution in [0.3, 0.4) is 0 Å². The molecule has 3 heterocycles. The molecule has 142 valence electrons. The van der Waals surface area contributed by atoms with Crippen LogP contribution in [-0.4, -0.2) is 40.5 Å². The number of hydrogen-bond donors (Lipinski definition) is 2. The molecule has 0 radical (unpaired) electrons. The van der Waals surface area contributed by atoms with Gasteiger partial charge in [0.1, 0.15) is 17.9 Å². The number of aromatic amines is 1. The molecule has 8 heteroatoms. The molecule has 0 spiro atoms. The maximum absolute atomic E-state index is 11.6. The molecule has 0 saturated carbocycles. The van der Waals surface area contributed by atoms with Crippen molar-refractivity contribution in [1.82, 2.24) is 15.3 Å². The van der Waals surface area contributed by atoms with E-state index in [1.165, 1.54) is 0 Å². The summed E-state index contributed by atoms with van der Waals surface area (Å²) in [6.07, 6.45) is 6.14. The van der Waals surface area contributed by atoms with Crippen LogP contribution < -0.4 is 5.32 Å². The lowest BCUT2D eigenvalue weighted by molar-refractivity contribution is 0.0502. The van der Waals surface area contributed by atoms with Crippen molar-refractivity contribution in [3.05, 3.63) is 54.4 Å². The van der Waals surface area contributed by atoms with Gasteiger partial charge in [0.15, 0.2) is 0 Å². The maximum atomic E-state index is 11.6. The van der Waals surface area contributed by atoms with Gasteiger partial charge in [0, 0.05) is 17.1 Å². The second kappa shape index (κ2) is 7.94. The molecule has 1 amide bonds. The number of alkyl carbamates (subject to hydrolysis) is 1. The quantitative estimate of drug-likeness (QED) is 0.393. The van der Waals surface area contributed by atoms with E-state index in [9.17, 15) is 4.79 Å². The van der Waals surface area contributed by atoms with E-state index in [2.05, 4.69) is 20.4 Å². The number of aromatic nitrogens is 2. The van der Waals surface area contributed by atoms with Crippen molar-refractivity contribution in [2.45, 2.75) is 26.4 Å². The van der Waals surface area contributed by atoms with E-state index in [1.807, 2.05) is 12.1 Å². The Bertz CT molecular complexity index is 890. The standard InChI is InChI=1S/C19H22N4O4/c1-19(2,3)27-18(24)21-7-9-26-23-17(14-5-8-25-12-14)15-10-13-4-6-20-11-16(13)22-15/h4-6,8,10-12,22H,7,9H2,1-3H3,(H,21,24). The van der Waals surface area contributed by atoms with E-state index in [1.54, 1.807) is 51.8 Å². The highest BCUT2D eigenvalue weighted by Crippen LogP contribution is 2.18. The van der Waals surface area contributed by atoms with E-state index in [0.717, 1.165) is 22.2 Å². The van der Waals surface area contributed by atoms with E-state index >= 15 is 0 Å². The van der Waals surface area contributed by atoms with Gasteiger partial charge in [-0.15, -0.1) is 0 Å². The number of H-pyrrole nitrogens is 1. The first-order valence-corrected chi connectivity index (χ1v) is 8.55. The van der Waals surface area contributed by atoms with E-state index in [0.29, 0.717) is 5.71 Å². The molecule has 0 unspecified atom stereocenters. The summed E-state index contributed by atoms with van der Waals surface area (Å²) in [4.78, 5) is 24.4. The van der Waals surface area contributed by atoms with Crippen molar-refractivity contribution in [2.24, 2.45) is 5.16 Å². The minimum absolute atomic E-state index is 0.197. The van der Waals surface area contributed by atoms with Gasteiger partial charge < -0.3 is 24.3 Å². The SMILES string of the molecule is CC(C)(C)OC(=O)NCCON=C(c1ccoc1)c1cc2ccncc2[nH]1. The average Bonchev–Trinajstić information content (AvgIpc) is 3.25. The molecule has 0 aliphatic rings. The van der Waals surface area contributed by atoms with Gasteiger partial charge in [0.05, 0.1) is 36.5 Å². The van der Waals surface area contributed by atoms with Crippen LogP contribution in [0.2, 0.25) is 0 Å². The Morgan fingerprint density at radius 2 is 2.22 bits per heavy atom. The molecule has 2 N–H and O–H groups in total. The van der Waals surface area contributed by atoms with Crippen LogP contribution in [0.1, 0.15) is 32.0 Å². The first-order valence-electron chi connectivity index (χ1n) is 8.55. The Hall–Kier alpha value is -3.29. The molecule has 0 aliphatic carbocycles. The third-order valence-electron chi connectivity index (χ3n) is 3.49. The summed E-state index contributed by atoms with van der Waals surface area (Å²) in [5, 5.41) is 7.85. The zero-order valence-electron chi connectivity index (χ0n) is 15.5. The molecule has 0 fully saturated rings. The van der Waals surface area contributed by atoms with Gasteiger partial charge in [0.25, 0.3) is 0 Å². The summed E-state index contributed by atoms with van der Waals surface area (Å²) in [5.74, 6) is 0. The summed E-state index contributed by atoms with van der Waals surface area (Å²) in [6, 6.07) is 5.67. The topological polar surface area (TPSA) is 102 Å². The van der Waals surface area contributed by atoms with Gasteiger partial charge in [-0.05, 0) is 39.0 Å². The highest BCUT2D eigenvalue weighted by molar-refractivity contribution is 6.13. The van der Waals surface area contributed by atoms with Gasteiger partial charge >= 0.3 is 6.09 Å². The van der Waals surface area contributed by atoms with Gasteiger partial charge in [-0.3, -0.25) is 4.98 Å². The Morgan fingerprint density at radius 3 is 2.93 bits per heavy atom. The van der Waals surface area contributed by atoms with E-state index < -0.39 is 11.7 Å². The second-order valence-electron chi connectivity index (χ2n) is 6.86. The third-order valence-corrected chi connectivity index (χ3v) is 3.49. The minimum atomic E-state index is -0.540. The predicted octanol–water partition coefficient (Wildman–Crippen LogP) is 3.45. The molecule has 3 aromatic heterocycles. The number of nitrogens with one attached hydrogen (secondary N) is 2. The Kier molecular flexibility index (Phi) is 5.44. The summed E-state index contributed by atoms with van der Waals surface area (Å²) in [6.45, 7) is 5.89. The molecular weight excluding hydrogens is 348 g/mol. The van der Waals surface area contributed by atoms with Gasteiger partial charge in [0.2, 0.25) is 0 Å². The zero-order chi connectivity index (χ0) is 19.3. The fourth-order valence-corrected chi connectivity index (χ4v) is 2.38. The number of rotatable bonds is 6. The lowest BCUT2D eigenvalue weighted by Gasteiger charge is -2.19. The number of carbonyl (C=O) groups is 1. The lowest BCUT2D eigenvalue weighted by atomic mass is 10.1. The number of fused-ring (bicyclic) bond motifs is 1. The van der Waals surface area contributed by atoms with Crippen molar-refractivity contribution < 1.29 is 18.8 Å². The molecule has 27 heavy (non-hydrogen) atoms. The Balaban J connectivity index is 1.65.